The fourth-order valence-corrected chi connectivity index (χ4v) is 0.922. The highest BCUT2D eigenvalue weighted by Crippen LogP contribution is 1.96. The summed E-state index contributed by atoms with van der Waals surface area (Å²) in [6, 6.07) is -0.0949. The Morgan fingerprint density at radius 2 is 2.44 bits per heavy atom. The van der Waals surface area contributed by atoms with Gasteiger partial charge in [-0.05, 0) is 0 Å². The molecule has 0 aliphatic carbocycles. The van der Waals surface area contributed by atoms with E-state index in [0.29, 0.717) is 19.5 Å². The molecule has 0 bridgehead atoms. The average Bonchev–Trinajstić information content (AvgIpc) is 2.18. The Bertz CT molecular complexity index is 107. The minimum atomic E-state index is -0.421. The van der Waals surface area contributed by atoms with Crippen LogP contribution in [0.3, 0.4) is 0 Å². The van der Waals surface area contributed by atoms with E-state index < -0.39 is 6.10 Å². The van der Waals surface area contributed by atoms with Crippen molar-refractivity contribution in [2.45, 2.75) is 12.1 Å². The minimum Gasteiger partial charge on any atom is -0.390 e. The van der Waals surface area contributed by atoms with Gasteiger partial charge in [0.1, 0.15) is 0 Å². The van der Waals surface area contributed by atoms with Gasteiger partial charge in [-0.3, -0.25) is 4.79 Å². The third kappa shape index (κ3) is 1.40. The molecule has 0 aromatic carbocycles. The van der Waals surface area contributed by atoms with Gasteiger partial charge in [-0.2, -0.15) is 0 Å². The van der Waals surface area contributed by atoms with Crippen LogP contribution >= 0.6 is 0 Å². The number of amides is 1. The van der Waals surface area contributed by atoms with Gasteiger partial charge < -0.3 is 15.7 Å². The number of rotatable bonds is 2. The van der Waals surface area contributed by atoms with Gasteiger partial charge in [-0.1, -0.05) is 0 Å². The Morgan fingerprint density at radius 3 is 2.89 bits per heavy atom. The fraction of sp³-hybridized carbons (Fsp3) is 0.800. The maximum atomic E-state index is 9.86. The van der Waals surface area contributed by atoms with Crippen LogP contribution in [0.15, 0.2) is 0 Å². The van der Waals surface area contributed by atoms with Gasteiger partial charge in [0.05, 0.1) is 12.1 Å². The van der Waals surface area contributed by atoms with E-state index in [1.807, 2.05) is 0 Å². The predicted octanol–water partition coefficient (Wildman–Crippen LogP) is -1.93. The topological polar surface area (TPSA) is 61.4 Å². The van der Waals surface area contributed by atoms with Gasteiger partial charge in [0.25, 0.3) is 0 Å². The largest absolute Gasteiger partial charge is 0.390 e. The normalized spacial score (nSPS) is 34.3. The summed E-state index contributed by atoms with van der Waals surface area (Å²) in [5.41, 5.74) is 0. The molecule has 1 heterocycles. The van der Waals surface area contributed by atoms with Crippen LogP contribution in [0.1, 0.15) is 0 Å². The summed E-state index contributed by atoms with van der Waals surface area (Å²) in [4.78, 5) is 9.86. The molecule has 4 nitrogen and oxygen atoms in total. The molecule has 9 heavy (non-hydrogen) atoms. The molecule has 1 saturated heterocycles. The van der Waals surface area contributed by atoms with Crippen LogP contribution in [0.25, 0.3) is 0 Å². The van der Waals surface area contributed by atoms with E-state index in [0.717, 1.165) is 0 Å². The molecule has 1 rings (SSSR count). The Hall–Kier alpha value is -0.610. The molecular weight excluding hydrogens is 120 g/mol. The molecular formula is C5H10N2O2. The molecule has 1 aliphatic heterocycles. The first-order chi connectivity index (χ1) is 4.34. The Balaban J connectivity index is 2.30. The predicted molar refractivity (Wildman–Crippen MR) is 31.9 cm³/mol. The number of hydrogen-bond donors (Lipinski definition) is 3. The van der Waals surface area contributed by atoms with Crippen molar-refractivity contribution in [3.05, 3.63) is 0 Å². The smallest absolute Gasteiger partial charge is 0.207 e. The molecule has 52 valence electrons. The fourth-order valence-electron chi connectivity index (χ4n) is 0.922. The van der Waals surface area contributed by atoms with Gasteiger partial charge in [-0.25, -0.2) is 0 Å². The van der Waals surface area contributed by atoms with Crippen LogP contribution < -0.4 is 10.6 Å². The summed E-state index contributed by atoms with van der Waals surface area (Å²) in [6.45, 7) is 1.24. The first-order valence-corrected chi connectivity index (χ1v) is 2.93. The van der Waals surface area contributed by atoms with Crippen molar-refractivity contribution in [2.75, 3.05) is 13.1 Å². The summed E-state index contributed by atoms with van der Waals surface area (Å²) in [5.74, 6) is 0. The number of hydrogen-bond acceptors (Lipinski definition) is 3. The summed E-state index contributed by atoms with van der Waals surface area (Å²) in [5, 5.41) is 14.5. The first-order valence-electron chi connectivity index (χ1n) is 2.93. The van der Waals surface area contributed by atoms with Crippen molar-refractivity contribution >= 4 is 6.41 Å². The molecule has 0 aromatic rings. The summed E-state index contributed by atoms with van der Waals surface area (Å²) >= 11 is 0. The van der Waals surface area contributed by atoms with E-state index in [2.05, 4.69) is 10.6 Å². The maximum absolute atomic E-state index is 9.86. The summed E-state index contributed by atoms with van der Waals surface area (Å²) < 4.78 is 0. The molecule has 0 radical (unpaired) electrons. The molecule has 0 spiro atoms. The molecule has 4 heteroatoms. The van der Waals surface area contributed by atoms with E-state index in [1.54, 1.807) is 0 Å². The van der Waals surface area contributed by atoms with E-state index >= 15 is 0 Å². The third-order valence-corrected chi connectivity index (χ3v) is 1.46. The first kappa shape index (κ1) is 6.51. The van der Waals surface area contributed by atoms with E-state index in [4.69, 9.17) is 5.11 Å². The molecule has 3 N–H and O–H groups in total. The highest BCUT2D eigenvalue weighted by molar-refractivity contribution is 5.47. The van der Waals surface area contributed by atoms with Crippen LogP contribution in [0, 0.1) is 0 Å². The SMILES string of the molecule is O=CNC1CNCC1O. The van der Waals surface area contributed by atoms with Crippen molar-refractivity contribution in [1.29, 1.82) is 0 Å². The number of carbonyl (C=O) groups is 1. The quantitative estimate of drug-likeness (QED) is 0.381. The second kappa shape index (κ2) is 2.80. The Labute approximate surface area is 53.2 Å². The van der Waals surface area contributed by atoms with Crippen molar-refractivity contribution in [3.8, 4) is 0 Å². The van der Waals surface area contributed by atoms with Crippen molar-refractivity contribution in [1.82, 2.24) is 10.6 Å². The van der Waals surface area contributed by atoms with E-state index in [1.165, 1.54) is 0 Å². The lowest BCUT2D eigenvalue weighted by atomic mass is 10.2. The lowest BCUT2D eigenvalue weighted by Crippen LogP contribution is -2.37. The standard InChI is InChI=1S/C5H10N2O2/c8-3-7-4-1-6-2-5(4)9/h3-6,9H,1-2H2,(H,7,8). The lowest BCUT2D eigenvalue weighted by Gasteiger charge is -2.10. The number of nitrogens with one attached hydrogen (secondary N) is 2. The van der Waals surface area contributed by atoms with Gasteiger partial charge in [0, 0.05) is 13.1 Å². The third-order valence-electron chi connectivity index (χ3n) is 1.46. The van der Waals surface area contributed by atoms with Gasteiger partial charge in [-0.15, -0.1) is 0 Å². The summed E-state index contributed by atoms with van der Waals surface area (Å²) in [6.07, 6.45) is 0.191. The van der Waals surface area contributed by atoms with Crippen molar-refractivity contribution in [3.63, 3.8) is 0 Å². The van der Waals surface area contributed by atoms with E-state index in [-0.39, 0.29) is 6.04 Å². The molecule has 0 saturated carbocycles. The molecule has 1 fully saturated rings. The zero-order chi connectivity index (χ0) is 6.69. The zero-order valence-corrected chi connectivity index (χ0v) is 5.00. The minimum absolute atomic E-state index is 0.0949. The van der Waals surface area contributed by atoms with Crippen LogP contribution in [0.5, 0.6) is 0 Å². The van der Waals surface area contributed by atoms with Crippen LogP contribution in [-0.2, 0) is 4.79 Å². The lowest BCUT2D eigenvalue weighted by molar-refractivity contribution is -0.110. The average molecular weight is 130 g/mol. The zero-order valence-electron chi connectivity index (χ0n) is 5.00. The monoisotopic (exact) mass is 130 g/mol. The van der Waals surface area contributed by atoms with Gasteiger partial charge in [0.2, 0.25) is 6.41 Å². The number of aliphatic hydroxyl groups is 1. The molecule has 2 unspecified atom stereocenters. The molecule has 1 amide bonds. The maximum Gasteiger partial charge on any atom is 0.207 e. The molecule has 2 atom stereocenters. The second-order valence-electron chi connectivity index (χ2n) is 2.12. The van der Waals surface area contributed by atoms with Crippen molar-refractivity contribution < 1.29 is 9.90 Å². The number of carbonyl (C=O) groups excluding carboxylic acids is 1. The Kier molecular flexibility index (Phi) is 2.02. The molecule has 0 aromatic heterocycles. The second-order valence-corrected chi connectivity index (χ2v) is 2.12. The van der Waals surface area contributed by atoms with Crippen molar-refractivity contribution in [2.24, 2.45) is 0 Å². The van der Waals surface area contributed by atoms with Gasteiger partial charge >= 0.3 is 0 Å². The summed E-state index contributed by atoms with van der Waals surface area (Å²) in [7, 11) is 0. The van der Waals surface area contributed by atoms with Crippen LogP contribution in [0.2, 0.25) is 0 Å². The highest BCUT2D eigenvalue weighted by atomic mass is 16.3. The van der Waals surface area contributed by atoms with Crippen LogP contribution in [0.4, 0.5) is 0 Å². The number of aliphatic hydroxyl groups excluding tert-OH is 1. The van der Waals surface area contributed by atoms with E-state index in [9.17, 15) is 4.79 Å². The highest BCUT2D eigenvalue weighted by Gasteiger charge is 2.23. The molecule has 1 aliphatic rings. The Morgan fingerprint density at radius 1 is 1.67 bits per heavy atom. The van der Waals surface area contributed by atoms with Gasteiger partial charge in [0.15, 0.2) is 0 Å². The van der Waals surface area contributed by atoms with Crippen LogP contribution in [-0.4, -0.2) is 36.8 Å². The number of β-amino-alcohol motifs (C(OH)–C–C–N with tert-alkyl or cyclic N) is 1.